The zero-order valence-electron chi connectivity index (χ0n) is 14.5. The summed E-state index contributed by atoms with van der Waals surface area (Å²) in [5.41, 5.74) is 1.88. The maximum absolute atomic E-state index is 13.2. The molecule has 1 saturated carbocycles. The van der Waals surface area contributed by atoms with E-state index >= 15 is 0 Å². The molecule has 0 amide bonds. The Bertz CT molecular complexity index is 1120. The number of fused-ring (bicyclic) bond motifs is 3. The fourth-order valence-electron chi connectivity index (χ4n) is 4.06. The number of hydrogen-bond donors (Lipinski definition) is 0. The van der Waals surface area contributed by atoms with Gasteiger partial charge in [-0.2, -0.15) is 0 Å². The summed E-state index contributed by atoms with van der Waals surface area (Å²) in [6.45, 7) is 0. The minimum absolute atomic E-state index is 0.0864. The van der Waals surface area contributed by atoms with Crippen molar-refractivity contribution >= 4 is 31.8 Å². The molecule has 1 aliphatic rings. The first-order valence-electron chi connectivity index (χ1n) is 9.24. The molecule has 0 aromatic carbocycles. The summed E-state index contributed by atoms with van der Waals surface area (Å²) >= 11 is 1.46. The topological polar surface area (TPSA) is 52.7 Å². The normalized spacial score (nSPS) is 16.3. The van der Waals surface area contributed by atoms with Crippen molar-refractivity contribution in [1.82, 2.24) is 19.1 Å². The molecular weight excluding hydrogens is 344 g/mol. The van der Waals surface area contributed by atoms with Gasteiger partial charge in [-0.15, -0.1) is 11.3 Å². The van der Waals surface area contributed by atoms with Gasteiger partial charge < -0.3 is 4.57 Å². The molecular formula is C20H20N4OS. The SMILES string of the molecule is O=c1c2sc3nccc(-n4cccc4)c3c2ncn1C1CCCCCC1. The monoisotopic (exact) mass is 364 g/mol. The first-order valence-corrected chi connectivity index (χ1v) is 10.1. The average molecular weight is 364 g/mol. The molecule has 1 fully saturated rings. The van der Waals surface area contributed by atoms with E-state index in [2.05, 4.69) is 9.55 Å². The zero-order chi connectivity index (χ0) is 17.5. The van der Waals surface area contributed by atoms with Gasteiger partial charge in [0.05, 0.1) is 22.9 Å². The Kier molecular flexibility index (Phi) is 3.85. The Balaban J connectivity index is 1.73. The van der Waals surface area contributed by atoms with Crippen LogP contribution >= 0.6 is 11.3 Å². The molecule has 0 spiro atoms. The fourth-order valence-corrected chi connectivity index (χ4v) is 5.11. The quantitative estimate of drug-likeness (QED) is 0.485. The summed E-state index contributed by atoms with van der Waals surface area (Å²) in [7, 11) is 0. The lowest BCUT2D eigenvalue weighted by atomic mass is 10.1. The molecule has 5 nitrogen and oxygen atoms in total. The van der Waals surface area contributed by atoms with Crippen molar-refractivity contribution in [3.05, 3.63) is 53.5 Å². The van der Waals surface area contributed by atoms with E-state index in [9.17, 15) is 4.79 Å². The number of pyridine rings is 1. The third kappa shape index (κ3) is 2.48. The van der Waals surface area contributed by atoms with Crippen LogP contribution in [-0.4, -0.2) is 19.1 Å². The molecule has 0 atom stereocenters. The summed E-state index contributed by atoms with van der Waals surface area (Å²) in [4.78, 5) is 23.3. The van der Waals surface area contributed by atoms with Gasteiger partial charge in [-0.05, 0) is 31.0 Å². The second kappa shape index (κ2) is 6.36. The van der Waals surface area contributed by atoms with E-state index in [1.165, 1.54) is 37.0 Å². The first kappa shape index (κ1) is 15.8. The molecule has 0 aliphatic heterocycles. The van der Waals surface area contributed by atoms with Gasteiger partial charge in [0.1, 0.15) is 9.53 Å². The van der Waals surface area contributed by atoms with Gasteiger partial charge in [-0.25, -0.2) is 9.97 Å². The van der Waals surface area contributed by atoms with E-state index in [1.54, 1.807) is 12.5 Å². The lowest BCUT2D eigenvalue weighted by molar-refractivity contribution is 0.430. The maximum Gasteiger partial charge on any atom is 0.271 e. The Morgan fingerprint density at radius 2 is 1.81 bits per heavy atom. The summed E-state index contributed by atoms with van der Waals surface area (Å²) in [5, 5.41) is 0.966. The van der Waals surface area contributed by atoms with Crippen LogP contribution in [0.5, 0.6) is 0 Å². The molecule has 26 heavy (non-hydrogen) atoms. The number of thiophene rings is 1. The fraction of sp³-hybridized carbons (Fsp3) is 0.350. The van der Waals surface area contributed by atoms with Gasteiger partial charge in [0, 0.05) is 24.6 Å². The van der Waals surface area contributed by atoms with Crippen molar-refractivity contribution in [3.8, 4) is 5.69 Å². The second-order valence-corrected chi connectivity index (χ2v) is 7.98. The molecule has 132 valence electrons. The van der Waals surface area contributed by atoms with Crippen LogP contribution in [0.3, 0.4) is 0 Å². The van der Waals surface area contributed by atoms with Gasteiger partial charge in [0.2, 0.25) is 0 Å². The Labute approximate surface area is 154 Å². The molecule has 6 heteroatoms. The Hall–Kier alpha value is -2.47. The number of aromatic nitrogens is 4. The molecule has 1 aliphatic carbocycles. The third-order valence-electron chi connectivity index (χ3n) is 5.39. The van der Waals surface area contributed by atoms with Crippen molar-refractivity contribution in [3.63, 3.8) is 0 Å². The predicted molar refractivity (Wildman–Crippen MR) is 105 cm³/mol. The number of rotatable bonds is 2. The van der Waals surface area contributed by atoms with Crippen LogP contribution in [0.15, 0.2) is 47.9 Å². The van der Waals surface area contributed by atoms with Crippen LogP contribution in [0.1, 0.15) is 44.6 Å². The van der Waals surface area contributed by atoms with Crippen LogP contribution in [0.25, 0.3) is 26.1 Å². The smallest absolute Gasteiger partial charge is 0.271 e. The molecule has 4 heterocycles. The highest BCUT2D eigenvalue weighted by molar-refractivity contribution is 7.25. The zero-order valence-corrected chi connectivity index (χ0v) is 15.3. The van der Waals surface area contributed by atoms with E-state index in [1.807, 2.05) is 35.2 Å². The van der Waals surface area contributed by atoms with Crippen LogP contribution in [0, 0.1) is 0 Å². The van der Waals surface area contributed by atoms with E-state index in [0.29, 0.717) is 0 Å². The van der Waals surface area contributed by atoms with Crippen LogP contribution in [0.2, 0.25) is 0 Å². The van der Waals surface area contributed by atoms with Gasteiger partial charge in [0.25, 0.3) is 5.56 Å². The minimum atomic E-state index is 0.0864. The third-order valence-corrected chi connectivity index (χ3v) is 6.46. The summed E-state index contributed by atoms with van der Waals surface area (Å²) < 4.78 is 4.64. The standard InChI is InChI=1S/C20H20N4OS/c25-20-18-17(22-13-24(20)14-7-3-1-2-4-8-14)16-15(23-11-5-6-12-23)9-10-21-19(16)26-18/h5-6,9-14H,1-4,7-8H2. The summed E-state index contributed by atoms with van der Waals surface area (Å²) in [5.74, 6) is 0. The summed E-state index contributed by atoms with van der Waals surface area (Å²) in [6, 6.07) is 6.25. The Morgan fingerprint density at radius 1 is 1.04 bits per heavy atom. The van der Waals surface area contributed by atoms with Crippen molar-refractivity contribution < 1.29 is 0 Å². The van der Waals surface area contributed by atoms with Gasteiger partial charge in [-0.1, -0.05) is 25.7 Å². The highest BCUT2D eigenvalue weighted by Gasteiger charge is 2.20. The molecule has 0 N–H and O–H groups in total. The molecule has 4 aromatic rings. The first-order chi connectivity index (χ1) is 12.8. The van der Waals surface area contributed by atoms with E-state index in [-0.39, 0.29) is 11.6 Å². The van der Waals surface area contributed by atoms with Crippen LogP contribution in [0.4, 0.5) is 0 Å². The summed E-state index contributed by atoms with van der Waals surface area (Å²) in [6.07, 6.45) is 14.7. The molecule has 0 bridgehead atoms. The van der Waals surface area contributed by atoms with Gasteiger partial charge in [-0.3, -0.25) is 9.36 Å². The number of nitrogens with zero attached hydrogens (tertiary/aromatic N) is 4. The van der Waals surface area contributed by atoms with Crippen molar-refractivity contribution in [1.29, 1.82) is 0 Å². The van der Waals surface area contributed by atoms with Crippen molar-refractivity contribution in [2.45, 2.75) is 44.6 Å². The average Bonchev–Trinajstić information content (AvgIpc) is 3.24. The second-order valence-electron chi connectivity index (χ2n) is 6.98. The minimum Gasteiger partial charge on any atom is -0.323 e. The van der Waals surface area contributed by atoms with Crippen LogP contribution < -0.4 is 5.56 Å². The predicted octanol–water partition coefficient (Wildman–Crippen LogP) is 4.69. The highest BCUT2D eigenvalue weighted by atomic mass is 32.1. The molecule has 0 unspecified atom stereocenters. The van der Waals surface area contributed by atoms with Gasteiger partial charge >= 0.3 is 0 Å². The molecule has 0 radical (unpaired) electrons. The lowest BCUT2D eigenvalue weighted by Crippen LogP contribution is -2.24. The van der Waals surface area contributed by atoms with E-state index in [4.69, 9.17) is 4.98 Å². The Morgan fingerprint density at radius 3 is 2.58 bits per heavy atom. The maximum atomic E-state index is 13.2. The van der Waals surface area contributed by atoms with Crippen LogP contribution in [-0.2, 0) is 0 Å². The molecule has 4 aromatic heterocycles. The van der Waals surface area contributed by atoms with E-state index in [0.717, 1.165) is 39.0 Å². The molecule has 0 saturated heterocycles. The lowest BCUT2D eigenvalue weighted by Gasteiger charge is -2.16. The number of hydrogen-bond acceptors (Lipinski definition) is 4. The van der Waals surface area contributed by atoms with Crippen molar-refractivity contribution in [2.24, 2.45) is 0 Å². The van der Waals surface area contributed by atoms with E-state index < -0.39 is 0 Å². The van der Waals surface area contributed by atoms with Gasteiger partial charge in [0.15, 0.2) is 0 Å². The van der Waals surface area contributed by atoms with Crippen molar-refractivity contribution in [2.75, 3.05) is 0 Å². The highest BCUT2D eigenvalue weighted by Crippen LogP contribution is 2.34. The largest absolute Gasteiger partial charge is 0.323 e. The molecule has 5 rings (SSSR count).